The SMILES string of the molecule is C[C@@H](OC(=O)c1ccc(S(=O)(=O)N2CCCC2)cc1)C(=O)NCCC1=CCCCC1. The molecular formula is C22H30N2O5S. The van der Waals surface area contributed by atoms with Crippen molar-refractivity contribution in [1.29, 1.82) is 0 Å². The van der Waals surface area contributed by atoms with Gasteiger partial charge in [-0.25, -0.2) is 13.2 Å². The fourth-order valence-electron chi connectivity index (χ4n) is 3.74. The molecule has 0 saturated carbocycles. The van der Waals surface area contributed by atoms with Crippen molar-refractivity contribution in [3.8, 4) is 0 Å². The maximum absolute atomic E-state index is 12.6. The number of allylic oxidation sites excluding steroid dienone is 1. The first-order valence-electron chi connectivity index (χ1n) is 10.6. The van der Waals surface area contributed by atoms with Crippen LogP contribution < -0.4 is 5.32 Å². The molecule has 1 N–H and O–H groups in total. The van der Waals surface area contributed by atoms with Gasteiger partial charge in [0, 0.05) is 19.6 Å². The summed E-state index contributed by atoms with van der Waals surface area (Å²) in [6, 6.07) is 5.66. The minimum absolute atomic E-state index is 0.156. The maximum Gasteiger partial charge on any atom is 0.338 e. The predicted molar refractivity (Wildman–Crippen MR) is 113 cm³/mol. The van der Waals surface area contributed by atoms with Crippen molar-refractivity contribution in [1.82, 2.24) is 9.62 Å². The van der Waals surface area contributed by atoms with E-state index >= 15 is 0 Å². The highest BCUT2D eigenvalue weighted by Gasteiger charge is 2.27. The van der Waals surface area contributed by atoms with Crippen molar-refractivity contribution in [3.05, 3.63) is 41.5 Å². The number of carbonyl (C=O) groups excluding carboxylic acids is 2. The first-order chi connectivity index (χ1) is 14.4. The minimum atomic E-state index is -3.52. The molecule has 0 radical (unpaired) electrons. The third-order valence-electron chi connectivity index (χ3n) is 5.58. The Balaban J connectivity index is 1.49. The lowest BCUT2D eigenvalue weighted by Crippen LogP contribution is -2.36. The van der Waals surface area contributed by atoms with Crippen LogP contribution in [0.2, 0.25) is 0 Å². The highest BCUT2D eigenvalue weighted by Crippen LogP contribution is 2.21. The van der Waals surface area contributed by atoms with Gasteiger partial charge in [-0.1, -0.05) is 11.6 Å². The van der Waals surface area contributed by atoms with Gasteiger partial charge in [-0.05, 0) is 76.1 Å². The Morgan fingerprint density at radius 1 is 1.10 bits per heavy atom. The van der Waals surface area contributed by atoms with Crippen molar-refractivity contribution < 1.29 is 22.7 Å². The number of nitrogens with zero attached hydrogens (tertiary/aromatic N) is 1. The van der Waals surface area contributed by atoms with Crippen molar-refractivity contribution in [2.45, 2.75) is 62.9 Å². The first kappa shape index (κ1) is 22.5. The molecule has 0 aromatic heterocycles. The standard InChI is InChI=1S/C22H30N2O5S/c1-17(21(25)23-14-13-18-7-3-2-4-8-18)29-22(26)19-9-11-20(12-10-19)30(27,28)24-15-5-6-16-24/h7,9-12,17H,2-6,8,13-16H2,1H3,(H,23,25)/t17-/m1/s1. The number of sulfonamides is 1. The van der Waals surface area contributed by atoms with Crippen LogP contribution in [0.3, 0.4) is 0 Å². The fourth-order valence-corrected chi connectivity index (χ4v) is 5.26. The van der Waals surface area contributed by atoms with Gasteiger partial charge in [-0.2, -0.15) is 4.31 Å². The molecule has 1 fully saturated rings. The van der Waals surface area contributed by atoms with Gasteiger partial charge in [0.2, 0.25) is 10.0 Å². The van der Waals surface area contributed by atoms with Crippen LogP contribution in [-0.4, -0.2) is 50.3 Å². The summed E-state index contributed by atoms with van der Waals surface area (Å²) in [5.74, 6) is -0.995. The summed E-state index contributed by atoms with van der Waals surface area (Å²) < 4.78 is 31.8. The van der Waals surface area contributed by atoms with Gasteiger partial charge < -0.3 is 10.1 Å². The summed E-state index contributed by atoms with van der Waals surface area (Å²) in [7, 11) is -3.52. The third kappa shape index (κ3) is 5.70. The molecule has 1 aliphatic heterocycles. The Morgan fingerprint density at radius 2 is 1.80 bits per heavy atom. The van der Waals surface area contributed by atoms with E-state index in [1.165, 1.54) is 53.9 Å². The van der Waals surface area contributed by atoms with E-state index in [0.29, 0.717) is 19.6 Å². The van der Waals surface area contributed by atoms with E-state index in [-0.39, 0.29) is 16.4 Å². The van der Waals surface area contributed by atoms with Crippen LogP contribution in [0.1, 0.15) is 62.2 Å². The van der Waals surface area contributed by atoms with Crippen molar-refractivity contribution in [3.63, 3.8) is 0 Å². The summed E-state index contributed by atoms with van der Waals surface area (Å²) >= 11 is 0. The Hall–Kier alpha value is -2.19. The molecule has 0 unspecified atom stereocenters. The number of carbonyl (C=O) groups is 2. The zero-order valence-corrected chi connectivity index (χ0v) is 18.2. The number of esters is 1. The molecule has 1 aromatic rings. The van der Waals surface area contributed by atoms with Crippen LogP contribution in [-0.2, 0) is 19.6 Å². The number of hydrogen-bond acceptors (Lipinski definition) is 5. The minimum Gasteiger partial charge on any atom is -0.449 e. The van der Waals surface area contributed by atoms with Crippen LogP contribution in [0.5, 0.6) is 0 Å². The second kappa shape index (κ2) is 10.2. The average molecular weight is 435 g/mol. The Bertz CT molecular complexity index is 887. The lowest BCUT2D eigenvalue weighted by Gasteiger charge is -2.16. The molecule has 3 rings (SSSR count). The second-order valence-electron chi connectivity index (χ2n) is 7.83. The summed E-state index contributed by atoms with van der Waals surface area (Å²) in [5.41, 5.74) is 1.58. The molecule has 2 aliphatic rings. The predicted octanol–water partition coefficient (Wildman–Crippen LogP) is 3.02. The van der Waals surface area contributed by atoms with Crippen molar-refractivity contribution in [2.75, 3.05) is 19.6 Å². The fraction of sp³-hybridized carbons (Fsp3) is 0.545. The summed E-state index contributed by atoms with van der Waals surface area (Å²) in [5, 5.41) is 2.80. The monoisotopic (exact) mass is 434 g/mol. The molecule has 1 aliphatic carbocycles. The van der Waals surface area contributed by atoms with Gasteiger partial charge in [-0.15, -0.1) is 0 Å². The molecule has 0 spiro atoms. The number of nitrogens with one attached hydrogen (secondary N) is 1. The lowest BCUT2D eigenvalue weighted by molar-refractivity contribution is -0.129. The van der Waals surface area contributed by atoms with Crippen molar-refractivity contribution in [2.24, 2.45) is 0 Å². The van der Waals surface area contributed by atoms with Gasteiger partial charge in [0.15, 0.2) is 6.10 Å². The van der Waals surface area contributed by atoms with Crippen LogP contribution in [0, 0.1) is 0 Å². The molecule has 1 heterocycles. The van der Waals surface area contributed by atoms with E-state index in [1.54, 1.807) is 0 Å². The first-order valence-corrected chi connectivity index (χ1v) is 12.1. The summed E-state index contributed by atoms with van der Waals surface area (Å²) in [6.07, 6.45) is 8.49. The molecule has 0 bridgehead atoms. The molecule has 30 heavy (non-hydrogen) atoms. The largest absolute Gasteiger partial charge is 0.449 e. The maximum atomic E-state index is 12.6. The number of hydrogen-bond donors (Lipinski definition) is 1. The molecule has 7 nitrogen and oxygen atoms in total. The smallest absolute Gasteiger partial charge is 0.338 e. The molecule has 164 valence electrons. The van der Waals surface area contributed by atoms with Crippen molar-refractivity contribution >= 4 is 21.9 Å². The third-order valence-corrected chi connectivity index (χ3v) is 7.49. The Morgan fingerprint density at radius 3 is 2.43 bits per heavy atom. The number of benzene rings is 1. The van der Waals surface area contributed by atoms with E-state index in [2.05, 4.69) is 11.4 Å². The normalized spacial score (nSPS) is 18.5. The Labute approximate surface area is 178 Å². The number of rotatable bonds is 8. The average Bonchev–Trinajstić information content (AvgIpc) is 3.30. The van der Waals surface area contributed by atoms with E-state index in [1.807, 2.05) is 0 Å². The lowest BCUT2D eigenvalue weighted by atomic mass is 9.97. The second-order valence-corrected chi connectivity index (χ2v) is 9.77. The highest BCUT2D eigenvalue weighted by atomic mass is 32.2. The number of amides is 1. The number of ether oxygens (including phenoxy) is 1. The summed E-state index contributed by atoms with van der Waals surface area (Å²) in [6.45, 7) is 3.10. The van der Waals surface area contributed by atoms with Crippen LogP contribution in [0.15, 0.2) is 40.8 Å². The van der Waals surface area contributed by atoms with Crippen LogP contribution >= 0.6 is 0 Å². The van der Waals surface area contributed by atoms with Crippen LogP contribution in [0.4, 0.5) is 0 Å². The quantitative estimate of drug-likeness (QED) is 0.501. The van der Waals surface area contributed by atoms with Crippen LogP contribution in [0.25, 0.3) is 0 Å². The van der Waals surface area contributed by atoms with E-state index < -0.39 is 22.1 Å². The van der Waals surface area contributed by atoms with E-state index in [9.17, 15) is 18.0 Å². The van der Waals surface area contributed by atoms with Gasteiger partial charge in [-0.3, -0.25) is 4.79 Å². The highest BCUT2D eigenvalue weighted by molar-refractivity contribution is 7.89. The molecular weight excluding hydrogens is 404 g/mol. The molecule has 8 heteroatoms. The summed E-state index contributed by atoms with van der Waals surface area (Å²) in [4.78, 5) is 24.7. The molecule has 1 saturated heterocycles. The van der Waals surface area contributed by atoms with Gasteiger partial charge in [0.05, 0.1) is 10.5 Å². The van der Waals surface area contributed by atoms with E-state index in [4.69, 9.17) is 4.74 Å². The zero-order chi connectivity index (χ0) is 21.6. The molecule has 1 aromatic carbocycles. The molecule has 1 atom stereocenters. The topological polar surface area (TPSA) is 92.8 Å². The molecule has 1 amide bonds. The van der Waals surface area contributed by atoms with Gasteiger partial charge in [0.25, 0.3) is 5.91 Å². The van der Waals surface area contributed by atoms with Gasteiger partial charge in [0.1, 0.15) is 0 Å². The van der Waals surface area contributed by atoms with E-state index in [0.717, 1.165) is 32.1 Å². The Kier molecular flexibility index (Phi) is 7.66. The van der Waals surface area contributed by atoms with Gasteiger partial charge >= 0.3 is 5.97 Å². The zero-order valence-electron chi connectivity index (χ0n) is 17.4.